The second-order valence-corrected chi connectivity index (χ2v) is 9.58. The number of hydrogen-bond donors (Lipinski definition) is 0. The number of para-hydroxylation sites is 1. The minimum atomic E-state index is -0.217. The lowest BCUT2D eigenvalue weighted by Crippen LogP contribution is -2.23. The molecule has 0 bridgehead atoms. The number of benzene rings is 2. The first kappa shape index (κ1) is 20.0. The number of nitrogens with zero attached hydrogens (tertiary/aromatic N) is 5. The molecule has 160 valence electrons. The maximum atomic E-state index is 13.1. The van der Waals surface area contributed by atoms with E-state index in [-0.39, 0.29) is 5.56 Å². The van der Waals surface area contributed by atoms with Crippen LogP contribution in [0.2, 0.25) is 5.02 Å². The molecule has 0 saturated heterocycles. The molecule has 9 heteroatoms. The predicted molar refractivity (Wildman–Crippen MR) is 133 cm³/mol. The predicted octanol–water partition coefficient (Wildman–Crippen LogP) is 4.93. The Kier molecular flexibility index (Phi) is 4.91. The fourth-order valence-electron chi connectivity index (χ4n) is 3.54. The van der Waals surface area contributed by atoms with E-state index in [1.54, 1.807) is 17.4 Å². The molecule has 33 heavy (non-hydrogen) atoms. The van der Waals surface area contributed by atoms with E-state index >= 15 is 0 Å². The van der Waals surface area contributed by atoms with Crippen LogP contribution in [0.25, 0.3) is 38.7 Å². The van der Waals surface area contributed by atoms with E-state index in [9.17, 15) is 4.79 Å². The Labute approximate surface area is 200 Å². The van der Waals surface area contributed by atoms with Crippen molar-refractivity contribution in [2.45, 2.75) is 0 Å². The molecule has 0 radical (unpaired) electrons. The molecule has 0 aliphatic rings. The van der Waals surface area contributed by atoms with Crippen molar-refractivity contribution in [3.8, 4) is 27.6 Å². The summed E-state index contributed by atoms with van der Waals surface area (Å²) in [6.07, 6.45) is 3.80. The zero-order valence-corrected chi connectivity index (χ0v) is 19.3. The van der Waals surface area contributed by atoms with E-state index in [0.29, 0.717) is 25.9 Å². The van der Waals surface area contributed by atoms with Gasteiger partial charge in [-0.1, -0.05) is 59.3 Å². The minimum absolute atomic E-state index is 0.217. The first-order valence-electron chi connectivity index (χ1n) is 10.0. The highest BCUT2D eigenvalue weighted by atomic mass is 35.5. The lowest BCUT2D eigenvalue weighted by molar-refractivity contribution is 0.885. The van der Waals surface area contributed by atoms with Crippen LogP contribution in [0, 0.1) is 0 Å². The topological polar surface area (TPSA) is 65.1 Å². The summed E-state index contributed by atoms with van der Waals surface area (Å²) < 4.78 is 3.71. The number of thiazole rings is 1. The van der Waals surface area contributed by atoms with Gasteiger partial charge in [-0.05, 0) is 41.8 Å². The Bertz CT molecular complexity index is 1700. The van der Waals surface area contributed by atoms with Gasteiger partial charge in [0, 0.05) is 17.3 Å². The third-order valence-electron chi connectivity index (χ3n) is 5.10. The van der Waals surface area contributed by atoms with Crippen molar-refractivity contribution in [1.29, 1.82) is 0 Å². The number of thiophene rings is 1. The second kappa shape index (κ2) is 8.08. The highest BCUT2D eigenvalue weighted by Crippen LogP contribution is 2.28. The highest BCUT2D eigenvalue weighted by Gasteiger charge is 2.16. The largest absolute Gasteiger partial charge is 0.291 e. The molecule has 0 fully saturated rings. The summed E-state index contributed by atoms with van der Waals surface area (Å²) in [6, 6.07) is 21.2. The van der Waals surface area contributed by atoms with Gasteiger partial charge in [0.25, 0.3) is 5.56 Å². The van der Waals surface area contributed by atoms with Gasteiger partial charge in [0.2, 0.25) is 4.96 Å². The van der Waals surface area contributed by atoms with Gasteiger partial charge in [-0.25, -0.2) is 4.68 Å². The molecule has 4 heterocycles. The zero-order valence-electron chi connectivity index (χ0n) is 16.9. The molecule has 0 aliphatic heterocycles. The molecule has 0 amide bonds. The van der Waals surface area contributed by atoms with Crippen molar-refractivity contribution in [3.63, 3.8) is 0 Å². The van der Waals surface area contributed by atoms with Crippen molar-refractivity contribution >= 4 is 45.3 Å². The number of fused-ring (bicyclic) bond motifs is 1. The smallest absolute Gasteiger partial charge is 0.266 e. The fraction of sp³-hybridized carbons (Fsp3) is 0. The molecule has 0 saturated carbocycles. The Hall–Kier alpha value is -3.59. The molecule has 6 rings (SSSR count). The van der Waals surface area contributed by atoms with Gasteiger partial charge in [0.05, 0.1) is 20.1 Å². The maximum Gasteiger partial charge on any atom is 0.291 e. The van der Waals surface area contributed by atoms with E-state index in [2.05, 4.69) is 10.1 Å². The summed E-state index contributed by atoms with van der Waals surface area (Å²) in [5.41, 5.74) is 3.11. The van der Waals surface area contributed by atoms with Gasteiger partial charge >= 0.3 is 0 Å². The van der Waals surface area contributed by atoms with Crippen LogP contribution >= 0.6 is 34.3 Å². The van der Waals surface area contributed by atoms with Gasteiger partial charge in [-0.3, -0.25) is 4.79 Å². The summed E-state index contributed by atoms with van der Waals surface area (Å²) in [7, 11) is 0. The van der Waals surface area contributed by atoms with Gasteiger partial charge in [0.15, 0.2) is 5.82 Å². The molecule has 0 unspecified atom stereocenters. The van der Waals surface area contributed by atoms with Crippen molar-refractivity contribution in [3.05, 3.63) is 104 Å². The summed E-state index contributed by atoms with van der Waals surface area (Å²) >= 11 is 9.18. The van der Waals surface area contributed by atoms with Gasteiger partial charge in [-0.2, -0.15) is 14.6 Å². The van der Waals surface area contributed by atoms with Crippen molar-refractivity contribution in [2.75, 3.05) is 0 Å². The molecule has 0 spiro atoms. The van der Waals surface area contributed by atoms with Crippen LogP contribution in [0.4, 0.5) is 0 Å². The highest BCUT2D eigenvalue weighted by molar-refractivity contribution is 7.15. The van der Waals surface area contributed by atoms with Crippen molar-refractivity contribution in [1.82, 2.24) is 24.4 Å². The SMILES string of the molecule is O=c1/c(=C\c2cn(-c3ccccc3)nc2-c2cccs2)sc2nc(-c3ccccc3Cl)nn12. The lowest BCUT2D eigenvalue weighted by atomic mass is 10.2. The Morgan fingerprint density at radius 3 is 2.52 bits per heavy atom. The number of rotatable bonds is 4. The Balaban J connectivity index is 1.49. The van der Waals surface area contributed by atoms with Crippen molar-refractivity contribution in [2.24, 2.45) is 0 Å². The second-order valence-electron chi connectivity index (χ2n) is 7.22. The third-order valence-corrected chi connectivity index (χ3v) is 7.27. The Morgan fingerprint density at radius 2 is 1.76 bits per heavy atom. The van der Waals surface area contributed by atoms with Crippen LogP contribution in [0.1, 0.15) is 5.56 Å². The van der Waals surface area contributed by atoms with Gasteiger partial charge in [0.1, 0.15) is 5.69 Å². The van der Waals surface area contributed by atoms with Crippen LogP contribution < -0.4 is 10.1 Å². The molecule has 4 aromatic heterocycles. The lowest BCUT2D eigenvalue weighted by Gasteiger charge is -1.99. The van der Waals surface area contributed by atoms with Crippen LogP contribution in [-0.2, 0) is 0 Å². The average Bonchev–Trinajstić information content (AvgIpc) is 3.62. The van der Waals surface area contributed by atoms with Crippen molar-refractivity contribution < 1.29 is 0 Å². The van der Waals surface area contributed by atoms with Crippen LogP contribution in [0.15, 0.2) is 83.1 Å². The van der Waals surface area contributed by atoms with Crippen LogP contribution in [0.5, 0.6) is 0 Å². The average molecular weight is 488 g/mol. The van der Waals surface area contributed by atoms with Crippen LogP contribution in [-0.4, -0.2) is 24.4 Å². The molecule has 0 aliphatic carbocycles. The Morgan fingerprint density at radius 1 is 0.939 bits per heavy atom. The summed E-state index contributed by atoms with van der Waals surface area (Å²) in [6.45, 7) is 0. The number of halogens is 1. The number of hydrogen-bond acceptors (Lipinski definition) is 6. The number of aromatic nitrogens is 5. The minimum Gasteiger partial charge on any atom is -0.266 e. The summed E-state index contributed by atoms with van der Waals surface area (Å²) in [5.74, 6) is 0.437. The molecule has 6 nitrogen and oxygen atoms in total. The quantitative estimate of drug-likeness (QED) is 0.353. The monoisotopic (exact) mass is 487 g/mol. The molecule has 6 aromatic rings. The first-order chi connectivity index (χ1) is 16.2. The summed E-state index contributed by atoms with van der Waals surface area (Å²) in [4.78, 5) is 19.2. The normalized spacial score (nSPS) is 12.1. The van der Waals surface area contributed by atoms with E-state index in [1.165, 1.54) is 15.9 Å². The van der Waals surface area contributed by atoms with E-state index in [0.717, 1.165) is 21.8 Å². The first-order valence-corrected chi connectivity index (χ1v) is 12.1. The van der Waals surface area contributed by atoms with Gasteiger partial charge < -0.3 is 0 Å². The molecular formula is C24H14ClN5OS2. The molecular weight excluding hydrogens is 474 g/mol. The van der Waals surface area contributed by atoms with E-state index < -0.39 is 0 Å². The standard InChI is InChI=1S/C24H14ClN5OS2/c25-18-10-5-4-9-17(18)22-26-24-30(28-22)23(31)20(33-24)13-15-14-29(16-7-2-1-3-8-16)27-21(15)19-11-6-12-32-19/h1-14H/b20-13+. The molecule has 2 aromatic carbocycles. The van der Waals surface area contributed by atoms with Gasteiger partial charge in [-0.15, -0.1) is 16.4 Å². The maximum absolute atomic E-state index is 13.1. The third kappa shape index (κ3) is 3.58. The molecule has 0 atom stereocenters. The fourth-order valence-corrected chi connectivity index (χ4v) is 5.39. The van der Waals surface area contributed by atoms with E-state index in [4.69, 9.17) is 16.7 Å². The van der Waals surface area contributed by atoms with E-state index in [1.807, 2.05) is 83.0 Å². The summed E-state index contributed by atoms with van der Waals surface area (Å²) in [5, 5.41) is 11.8. The van der Waals surface area contributed by atoms with Crippen LogP contribution in [0.3, 0.4) is 0 Å². The molecule has 0 N–H and O–H groups in total. The zero-order chi connectivity index (χ0) is 22.4.